The number of rotatable bonds is 1. The summed E-state index contributed by atoms with van der Waals surface area (Å²) < 4.78 is 10.5. The maximum Gasteiger partial charge on any atom is 0.347 e. The Bertz CT molecular complexity index is 779. The number of carbonyl (C=O) groups is 2. The predicted molar refractivity (Wildman–Crippen MR) is 68.2 cm³/mol. The van der Waals surface area contributed by atoms with E-state index in [4.69, 9.17) is 14.6 Å². The van der Waals surface area contributed by atoms with Crippen LogP contribution in [0.3, 0.4) is 0 Å². The van der Waals surface area contributed by atoms with Crippen molar-refractivity contribution < 1.29 is 34.4 Å². The number of carbonyl (C=O) groups excluding carboxylic acids is 1. The second-order valence-electron chi connectivity index (χ2n) is 4.29. The lowest BCUT2D eigenvalue weighted by Crippen LogP contribution is -2.07. The van der Waals surface area contributed by atoms with Crippen LogP contribution in [0.2, 0.25) is 0 Å². The zero-order valence-electron chi connectivity index (χ0n) is 10.4. The van der Waals surface area contributed by atoms with Crippen molar-refractivity contribution >= 4 is 11.9 Å². The van der Waals surface area contributed by atoms with Crippen LogP contribution in [-0.4, -0.2) is 27.3 Å². The Morgan fingerprint density at radius 1 is 0.952 bits per heavy atom. The molecular formula is C14H8O7. The molecule has 0 bridgehead atoms. The summed E-state index contributed by atoms with van der Waals surface area (Å²) in [6.07, 6.45) is 0. The molecule has 0 unspecified atom stereocenters. The zero-order valence-corrected chi connectivity index (χ0v) is 10.4. The van der Waals surface area contributed by atoms with Crippen molar-refractivity contribution in [3.05, 3.63) is 41.5 Å². The van der Waals surface area contributed by atoms with E-state index >= 15 is 0 Å². The van der Waals surface area contributed by atoms with Crippen molar-refractivity contribution in [3.8, 4) is 28.7 Å². The van der Waals surface area contributed by atoms with E-state index in [1.165, 1.54) is 18.2 Å². The number of benzene rings is 2. The van der Waals surface area contributed by atoms with Crippen molar-refractivity contribution in [1.29, 1.82) is 0 Å². The number of phenols is 2. The van der Waals surface area contributed by atoms with E-state index < -0.39 is 23.3 Å². The molecule has 21 heavy (non-hydrogen) atoms. The predicted octanol–water partition coefficient (Wildman–Crippen LogP) is 2.12. The van der Waals surface area contributed by atoms with Crippen LogP contribution in [0.25, 0.3) is 0 Å². The van der Waals surface area contributed by atoms with Gasteiger partial charge in [-0.2, -0.15) is 0 Å². The lowest BCUT2D eigenvalue weighted by atomic mass is 10.2. The number of aromatic hydroxyl groups is 2. The van der Waals surface area contributed by atoms with Gasteiger partial charge in [-0.25, -0.2) is 9.59 Å². The summed E-state index contributed by atoms with van der Waals surface area (Å²) in [6, 6.07) is 5.84. The molecular weight excluding hydrogens is 280 g/mol. The van der Waals surface area contributed by atoms with Crippen LogP contribution < -0.4 is 9.47 Å². The van der Waals surface area contributed by atoms with Gasteiger partial charge in [-0.05, 0) is 12.1 Å². The molecule has 0 saturated heterocycles. The fourth-order valence-electron chi connectivity index (χ4n) is 1.92. The molecule has 0 aliphatic carbocycles. The topological polar surface area (TPSA) is 113 Å². The molecule has 0 spiro atoms. The number of phenolic OH excluding ortho intramolecular Hbond substituents is 1. The van der Waals surface area contributed by atoms with E-state index in [0.717, 1.165) is 12.1 Å². The minimum atomic E-state index is -1.36. The Morgan fingerprint density at radius 2 is 1.67 bits per heavy atom. The second-order valence-corrected chi connectivity index (χ2v) is 4.29. The number of carboxylic acid groups (broad SMARTS) is 1. The molecule has 0 radical (unpaired) electrons. The lowest BCUT2D eigenvalue weighted by Gasteiger charge is -2.09. The number of hydrogen-bond donors (Lipinski definition) is 3. The average molecular weight is 288 g/mol. The molecule has 106 valence electrons. The summed E-state index contributed by atoms with van der Waals surface area (Å²) in [6.45, 7) is 0. The second kappa shape index (κ2) is 4.41. The van der Waals surface area contributed by atoms with Gasteiger partial charge in [-0.1, -0.05) is 0 Å². The maximum atomic E-state index is 11.9. The number of hydrogen-bond acceptors (Lipinski definition) is 6. The highest BCUT2D eigenvalue weighted by Crippen LogP contribution is 2.41. The molecule has 1 aliphatic heterocycles. The van der Waals surface area contributed by atoms with Crippen LogP contribution in [0.4, 0.5) is 0 Å². The van der Waals surface area contributed by atoms with Gasteiger partial charge in [0.05, 0.1) is 0 Å². The van der Waals surface area contributed by atoms with E-state index in [0.29, 0.717) is 0 Å². The van der Waals surface area contributed by atoms with E-state index in [-0.39, 0.29) is 28.6 Å². The highest BCUT2D eigenvalue weighted by Gasteiger charge is 2.26. The average Bonchev–Trinajstić information content (AvgIpc) is 2.53. The van der Waals surface area contributed by atoms with Crippen molar-refractivity contribution in [2.75, 3.05) is 0 Å². The molecule has 3 rings (SSSR count). The summed E-state index contributed by atoms with van der Waals surface area (Å²) >= 11 is 0. The van der Waals surface area contributed by atoms with Gasteiger partial charge in [-0.3, -0.25) is 0 Å². The molecule has 7 heteroatoms. The smallest absolute Gasteiger partial charge is 0.347 e. The standard InChI is InChI=1S/C14H8O7/c15-6-1-2-7-10(3-6)20-11-4-8(13(17)18)9(16)5-12(11)21-14(7)19/h1-5,15-16H,(H,17,18). The summed E-state index contributed by atoms with van der Waals surface area (Å²) in [4.78, 5) is 22.9. The summed E-state index contributed by atoms with van der Waals surface area (Å²) in [5, 5.41) is 28.0. The Hall–Kier alpha value is -3.22. The van der Waals surface area contributed by atoms with E-state index in [9.17, 15) is 19.8 Å². The molecule has 3 N–H and O–H groups in total. The quantitative estimate of drug-likeness (QED) is 0.544. The van der Waals surface area contributed by atoms with Gasteiger partial charge in [0.2, 0.25) is 0 Å². The first-order chi connectivity index (χ1) is 9.95. The number of esters is 1. The van der Waals surface area contributed by atoms with E-state index in [1.54, 1.807) is 0 Å². The highest BCUT2D eigenvalue weighted by atomic mass is 16.6. The van der Waals surface area contributed by atoms with Crippen molar-refractivity contribution in [3.63, 3.8) is 0 Å². The van der Waals surface area contributed by atoms with Gasteiger partial charge >= 0.3 is 11.9 Å². The van der Waals surface area contributed by atoms with Crippen LogP contribution in [0.1, 0.15) is 20.7 Å². The largest absolute Gasteiger partial charge is 0.508 e. The van der Waals surface area contributed by atoms with Crippen molar-refractivity contribution in [2.24, 2.45) is 0 Å². The molecule has 0 aromatic heterocycles. The first-order valence-corrected chi connectivity index (χ1v) is 5.79. The Labute approximate surface area is 117 Å². The minimum absolute atomic E-state index is 0.0285. The van der Waals surface area contributed by atoms with Crippen LogP contribution in [-0.2, 0) is 0 Å². The van der Waals surface area contributed by atoms with Crippen molar-refractivity contribution in [1.82, 2.24) is 0 Å². The van der Waals surface area contributed by atoms with Crippen LogP contribution in [0, 0.1) is 0 Å². The Morgan fingerprint density at radius 3 is 2.38 bits per heavy atom. The van der Waals surface area contributed by atoms with Crippen molar-refractivity contribution in [2.45, 2.75) is 0 Å². The van der Waals surface area contributed by atoms with Gasteiger partial charge in [0.1, 0.15) is 28.4 Å². The molecule has 1 aliphatic rings. The van der Waals surface area contributed by atoms with Crippen LogP contribution in [0.15, 0.2) is 30.3 Å². The third kappa shape index (κ3) is 2.10. The van der Waals surface area contributed by atoms with Crippen LogP contribution >= 0.6 is 0 Å². The zero-order chi connectivity index (χ0) is 15.1. The number of ether oxygens (including phenoxy) is 2. The molecule has 2 aromatic rings. The lowest BCUT2D eigenvalue weighted by molar-refractivity contribution is 0.0693. The molecule has 7 nitrogen and oxygen atoms in total. The minimum Gasteiger partial charge on any atom is -0.508 e. The van der Waals surface area contributed by atoms with Gasteiger partial charge in [0, 0.05) is 18.2 Å². The highest BCUT2D eigenvalue weighted by molar-refractivity contribution is 5.97. The summed E-state index contributed by atoms with van der Waals surface area (Å²) in [7, 11) is 0. The maximum absolute atomic E-state index is 11.9. The number of fused-ring (bicyclic) bond motifs is 2. The third-order valence-corrected chi connectivity index (χ3v) is 2.90. The van der Waals surface area contributed by atoms with Gasteiger partial charge in [-0.15, -0.1) is 0 Å². The monoisotopic (exact) mass is 288 g/mol. The van der Waals surface area contributed by atoms with Crippen LogP contribution in [0.5, 0.6) is 28.7 Å². The fourth-order valence-corrected chi connectivity index (χ4v) is 1.92. The Balaban J connectivity index is 2.18. The first kappa shape index (κ1) is 12.8. The third-order valence-electron chi connectivity index (χ3n) is 2.90. The fraction of sp³-hybridized carbons (Fsp3) is 0. The normalized spacial score (nSPS) is 12.5. The van der Waals surface area contributed by atoms with Gasteiger partial charge in [0.15, 0.2) is 11.5 Å². The molecule has 2 aromatic carbocycles. The van der Waals surface area contributed by atoms with E-state index in [2.05, 4.69) is 0 Å². The molecule has 1 heterocycles. The Kier molecular flexibility index (Phi) is 2.69. The van der Waals surface area contributed by atoms with Gasteiger partial charge in [0.25, 0.3) is 0 Å². The van der Waals surface area contributed by atoms with E-state index in [1.807, 2.05) is 0 Å². The molecule has 0 fully saturated rings. The van der Waals surface area contributed by atoms with Gasteiger partial charge < -0.3 is 24.8 Å². The molecule has 0 amide bonds. The first-order valence-electron chi connectivity index (χ1n) is 5.79. The number of carboxylic acids is 1. The SMILES string of the molecule is O=C(O)c1cc2c(cc1O)OC(=O)c1ccc(O)cc1O2. The number of aromatic carboxylic acids is 1. The molecule has 0 saturated carbocycles. The molecule has 0 atom stereocenters. The summed E-state index contributed by atoms with van der Waals surface area (Å²) in [5.41, 5.74) is -0.325. The summed E-state index contributed by atoms with van der Waals surface area (Å²) in [5.74, 6) is -2.91.